The predicted molar refractivity (Wildman–Crippen MR) is 58.3 cm³/mol. The molecule has 1 aromatic rings. The van der Waals surface area contributed by atoms with Gasteiger partial charge >= 0.3 is 0 Å². The van der Waals surface area contributed by atoms with E-state index >= 15 is 0 Å². The lowest BCUT2D eigenvalue weighted by atomic mass is 10.2. The van der Waals surface area contributed by atoms with Crippen LogP contribution < -0.4 is 5.32 Å². The topological polar surface area (TPSA) is 75.4 Å². The number of hydrogen-bond acceptors (Lipinski definition) is 4. The molecular formula is C9H11ClN2O3. The summed E-state index contributed by atoms with van der Waals surface area (Å²) in [5, 5.41) is 22.8. The molecule has 0 fully saturated rings. The molecule has 0 amide bonds. The molecule has 5 nitrogen and oxygen atoms in total. The normalized spacial score (nSPS) is 12.2. The first-order valence-corrected chi connectivity index (χ1v) is 4.74. The van der Waals surface area contributed by atoms with Crippen LogP contribution in [0.5, 0.6) is 0 Å². The highest BCUT2D eigenvalue weighted by Crippen LogP contribution is 2.27. The van der Waals surface area contributed by atoms with Crippen molar-refractivity contribution in [2.24, 2.45) is 0 Å². The van der Waals surface area contributed by atoms with E-state index in [1.165, 1.54) is 12.1 Å². The molecule has 1 atom stereocenters. The fourth-order valence-corrected chi connectivity index (χ4v) is 1.23. The summed E-state index contributed by atoms with van der Waals surface area (Å²) >= 11 is 5.64. The van der Waals surface area contributed by atoms with Gasteiger partial charge in [0.2, 0.25) is 0 Å². The highest BCUT2D eigenvalue weighted by atomic mass is 35.5. The Morgan fingerprint density at radius 2 is 2.33 bits per heavy atom. The summed E-state index contributed by atoms with van der Waals surface area (Å²) in [6, 6.07) is 4.34. The van der Waals surface area contributed by atoms with Crippen LogP contribution in [-0.4, -0.2) is 22.7 Å². The van der Waals surface area contributed by atoms with Gasteiger partial charge in [0.05, 0.1) is 11.0 Å². The Balaban J connectivity index is 2.91. The highest BCUT2D eigenvalue weighted by Gasteiger charge is 2.13. The maximum absolute atomic E-state index is 10.7. The van der Waals surface area contributed by atoms with Crippen molar-refractivity contribution >= 4 is 23.0 Å². The Hall–Kier alpha value is -1.33. The van der Waals surface area contributed by atoms with Gasteiger partial charge in [-0.3, -0.25) is 10.1 Å². The van der Waals surface area contributed by atoms with Gasteiger partial charge in [0, 0.05) is 17.6 Å². The largest absolute Gasteiger partial charge is 0.392 e. The summed E-state index contributed by atoms with van der Waals surface area (Å²) in [4.78, 5) is 10.1. The van der Waals surface area contributed by atoms with E-state index in [0.29, 0.717) is 10.7 Å². The van der Waals surface area contributed by atoms with Gasteiger partial charge in [-0.1, -0.05) is 11.6 Å². The third kappa shape index (κ3) is 3.38. The van der Waals surface area contributed by atoms with Crippen LogP contribution in [0.3, 0.4) is 0 Å². The van der Waals surface area contributed by atoms with Gasteiger partial charge in [0.1, 0.15) is 5.69 Å². The number of nitro benzene ring substituents is 1. The van der Waals surface area contributed by atoms with Crippen LogP contribution in [0.25, 0.3) is 0 Å². The Morgan fingerprint density at radius 3 is 2.87 bits per heavy atom. The standard InChI is InChI=1S/C9H11ClN2O3/c1-6(13)5-11-8-3-2-7(10)4-9(8)12(14)15/h2-4,6,11,13H,5H2,1H3/t6-/m0/s1. The number of rotatable bonds is 4. The Labute approximate surface area is 91.8 Å². The van der Waals surface area contributed by atoms with Crippen molar-refractivity contribution in [1.82, 2.24) is 0 Å². The maximum Gasteiger partial charge on any atom is 0.293 e. The van der Waals surface area contributed by atoms with E-state index in [9.17, 15) is 10.1 Å². The monoisotopic (exact) mass is 230 g/mol. The molecule has 15 heavy (non-hydrogen) atoms. The fourth-order valence-electron chi connectivity index (χ4n) is 1.06. The van der Waals surface area contributed by atoms with Crippen molar-refractivity contribution in [2.45, 2.75) is 13.0 Å². The number of halogens is 1. The number of aliphatic hydroxyl groups excluding tert-OH is 1. The first kappa shape index (κ1) is 11.7. The van der Waals surface area contributed by atoms with E-state index in [1.807, 2.05) is 0 Å². The van der Waals surface area contributed by atoms with Gasteiger partial charge < -0.3 is 10.4 Å². The van der Waals surface area contributed by atoms with Gasteiger partial charge in [-0.25, -0.2) is 0 Å². The van der Waals surface area contributed by atoms with Crippen LogP contribution >= 0.6 is 11.6 Å². The zero-order valence-corrected chi connectivity index (χ0v) is 8.86. The second-order valence-corrected chi connectivity index (χ2v) is 3.58. The van der Waals surface area contributed by atoms with Gasteiger partial charge in [-0.05, 0) is 19.1 Å². The predicted octanol–water partition coefficient (Wildman–Crippen LogP) is 2.04. The number of nitrogens with one attached hydrogen (secondary N) is 1. The summed E-state index contributed by atoms with van der Waals surface area (Å²) < 4.78 is 0. The Kier molecular flexibility index (Phi) is 3.88. The van der Waals surface area contributed by atoms with E-state index in [0.717, 1.165) is 0 Å². The van der Waals surface area contributed by atoms with Crippen LogP contribution in [-0.2, 0) is 0 Å². The molecule has 0 saturated carbocycles. The van der Waals surface area contributed by atoms with Crippen molar-refractivity contribution in [3.05, 3.63) is 33.3 Å². The van der Waals surface area contributed by atoms with E-state index in [4.69, 9.17) is 16.7 Å². The molecule has 0 radical (unpaired) electrons. The number of benzene rings is 1. The third-order valence-corrected chi connectivity index (χ3v) is 1.98. The van der Waals surface area contributed by atoms with E-state index in [-0.39, 0.29) is 12.2 Å². The van der Waals surface area contributed by atoms with Crippen molar-refractivity contribution in [3.63, 3.8) is 0 Å². The van der Waals surface area contributed by atoms with Crippen molar-refractivity contribution < 1.29 is 10.0 Å². The number of hydrogen-bond donors (Lipinski definition) is 2. The maximum atomic E-state index is 10.7. The minimum absolute atomic E-state index is 0.0943. The zero-order valence-electron chi connectivity index (χ0n) is 8.11. The molecule has 82 valence electrons. The first-order chi connectivity index (χ1) is 7.00. The fraction of sp³-hybridized carbons (Fsp3) is 0.333. The smallest absolute Gasteiger partial charge is 0.293 e. The molecule has 1 aromatic carbocycles. The second-order valence-electron chi connectivity index (χ2n) is 3.15. The van der Waals surface area contributed by atoms with Crippen LogP contribution in [0.1, 0.15) is 6.92 Å². The average Bonchev–Trinajstić information content (AvgIpc) is 2.15. The summed E-state index contributed by atoms with van der Waals surface area (Å²) in [5.41, 5.74) is 0.258. The van der Waals surface area contributed by atoms with Crippen LogP contribution in [0.15, 0.2) is 18.2 Å². The molecule has 0 aliphatic rings. The Morgan fingerprint density at radius 1 is 1.67 bits per heavy atom. The number of nitrogens with zero attached hydrogens (tertiary/aromatic N) is 1. The molecule has 0 spiro atoms. The molecule has 0 aliphatic heterocycles. The first-order valence-electron chi connectivity index (χ1n) is 4.36. The molecule has 0 heterocycles. The van der Waals surface area contributed by atoms with Crippen molar-refractivity contribution in [1.29, 1.82) is 0 Å². The molecule has 0 bridgehead atoms. The van der Waals surface area contributed by atoms with Gasteiger partial charge in [0.25, 0.3) is 5.69 Å². The molecule has 0 unspecified atom stereocenters. The van der Waals surface area contributed by atoms with Crippen LogP contribution in [0, 0.1) is 10.1 Å². The lowest BCUT2D eigenvalue weighted by Crippen LogP contribution is -2.15. The van der Waals surface area contributed by atoms with Gasteiger partial charge in [0.15, 0.2) is 0 Å². The van der Waals surface area contributed by atoms with Crippen molar-refractivity contribution in [2.75, 3.05) is 11.9 Å². The Bertz CT molecular complexity index is 368. The number of nitro groups is 1. The van der Waals surface area contributed by atoms with Gasteiger partial charge in [-0.15, -0.1) is 0 Å². The highest BCUT2D eigenvalue weighted by molar-refractivity contribution is 6.30. The molecule has 0 aliphatic carbocycles. The third-order valence-electron chi connectivity index (χ3n) is 1.74. The summed E-state index contributed by atoms with van der Waals surface area (Å²) in [7, 11) is 0. The minimum atomic E-state index is -0.569. The molecule has 6 heteroatoms. The molecule has 0 aromatic heterocycles. The molecule has 1 rings (SSSR count). The second kappa shape index (κ2) is 4.95. The van der Waals surface area contributed by atoms with Crippen molar-refractivity contribution in [3.8, 4) is 0 Å². The van der Waals surface area contributed by atoms with Gasteiger partial charge in [-0.2, -0.15) is 0 Å². The quantitative estimate of drug-likeness (QED) is 0.613. The van der Waals surface area contributed by atoms with E-state index in [2.05, 4.69) is 5.32 Å². The van der Waals surface area contributed by atoms with Crippen LogP contribution in [0.2, 0.25) is 5.02 Å². The lowest BCUT2D eigenvalue weighted by Gasteiger charge is -2.08. The molecule has 2 N–H and O–H groups in total. The average molecular weight is 231 g/mol. The zero-order chi connectivity index (χ0) is 11.4. The summed E-state index contributed by atoms with van der Waals surface area (Å²) in [5.74, 6) is 0. The molecule has 0 saturated heterocycles. The molecular weight excluding hydrogens is 220 g/mol. The number of aliphatic hydroxyl groups is 1. The van der Waals surface area contributed by atoms with E-state index in [1.54, 1.807) is 13.0 Å². The van der Waals surface area contributed by atoms with E-state index < -0.39 is 11.0 Å². The number of anilines is 1. The minimum Gasteiger partial charge on any atom is -0.392 e. The lowest BCUT2D eigenvalue weighted by molar-refractivity contribution is -0.383. The SMILES string of the molecule is C[C@H](O)CNc1ccc(Cl)cc1[N+](=O)[O-]. The summed E-state index contributed by atoms with van der Waals surface area (Å²) in [6.45, 7) is 1.84. The summed E-state index contributed by atoms with van der Waals surface area (Å²) in [6.07, 6.45) is -0.569. The van der Waals surface area contributed by atoms with Crippen LogP contribution in [0.4, 0.5) is 11.4 Å².